The zero-order valence-corrected chi connectivity index (χ0v) is 27.8. The van der Waals surface area contributed by atoms with Crippen LogP contribution in [-0.4, -0.2) is 90.3 Å². The third-order valence-electron chi connectivity index (χ3n) is 8.49. The third-order valence-corrected chi connectivity index (χ3v) is 9.59. The molecular formula is C31H34F3N9O5S. The van der Waals surface area contributed by atoms with E-state index < -0.39 is 28.4 Å². The Morgan fingerprint density at radius 3 is 2.59 bits per heavy atom. The first-order valence-corrected chi connectivity index (χ1v) is 16.5. The molecule has 2 aliphatic rings. The topological polar surface area (TPSA) is 160 Å². The second kappa shape index (κ2) is 13.6. The number of halogens is 3. The predicted octanol–water partition coefficient (Wildman–Crippen LogP) is 3.44. The molecular weight excluding hydrogens is 667 g/mol. The van der Waals surface area contributed by atoms with Gasteiger partial charge in [0.15, 0.2) is 17.3 Å². The van der Waals surface area contributed by atoms with Gasteiger partial charge in [-0.1, -0.05) is 13.0 Å². The maximum absolute atomic E-state index is 14.2. The van der Waals surface area contributed by atoms with Gasteiger partial charge in [-0.2, -0.15) is 22.7 Å². The number of hydrogen-bond acceptors (Lipinski definition) is 11. The minimum atomic E-state index is -4.55. The van der Waals surface area contributed by atoms with E-state index in [0.717, 1.165) is 22.6 Å². The molecule has 2 aliphatic heterocycles. The second-order valence-corrected chi connectivity index (χ2v) is 12.9. The summed E-state index contributed by atoms with van der Waals surface area (Å²) in [5, 5.41) is 17.5. The fourth-order valence-electron chi connectivity index (χ4n) is 5.96. The number of allylic oxidation sites excluding steroid dienone is 1. The van der Waals surface area contributed by atoms with Crippen molar-refractivity contribution in [1.82, 2.24) is 34.0 Å². The van der Waals surface area contributed by atoms with Crippen LogP contribution >= 0.6 is 11.3 Å². The zero-order chi connectivity index (χ0) is 35.0. The van der Waals surface area contributed by atoms with Gasteiger partial charge in [-0.3, -0.25) is 14.4 Å². The zero-order valence-electron chi connectivity index (χ0n) is 27.0. The molecule has 18 heteroatoms. The van der Waals surface area contributed by atoms with E-state index in [2.05, 4.69) is 25.4 Å². The Morgan fingerprint density at radius 2 is 1.90 bits per heavy atom. The van der Waals surface area contributed by atoms with E-state index >= 15 is 0 Å². The van der Waals surface area contributed by atoms with Gasteiger partial charge in [-0.15, -0.1) is 16.4 Å². The highest BCUT2D eigenvalue weighted by Crippen LogP contribution is 2.38. The van der Waals surface area contributed by atoms with Gasteiger partial charge in [0.25, 0.3) is 11.5 Å². The number of rotatable bonds is 7. The number of piperazine rings is 1. The Bertz CT molecular complexity index is 2010. The van der Waals surface area contributed by atoms with Crippen molar-refractivity contribution in [2.75, 3.05) is 49.6 Å². The van der Waals surface area contributed by atoms with Crippen LogP contribution in [0.1, 0.15) is 57.2 Å². The molecule has 0 saturated carbocycles. The standard InChI is InChI=1S/C31H34F3N9O5S/c1-4-21-25(40-8-10-41(11-9-40)28(46)24-26(45)17(2)35-16-36-24)29(47)43-30(38-27(39-43)19-6-5-12-48-13-7-19)42(21)15-23(44)37-20-14-22(31(32,33)34)49-18(20)3/h7,14,16,45H,4-6,8-13,15H2,1-3H3,(H,37,44). The van der Waals surface area contributed by atoms with Gasteiger partial charge in [0.1, 0.15) is 23.4 Å². The molecule has 0 bridgehead atoms. The summed E-state index contributed by atoms with van der Waals surface area (Å²) in [6.45, 7) is 6.35. The number of ether oxygens (including phenoxy) is 1. The summed E-state index contributed by atoms with van der Waals surface area (Å²) in [7, 11) is 0. The quantitative estimate of drug-likeness (QED) is 0.292. The molecule has 0 radical (unpaired) electrons. The third kappa shape index (κ3) is 6.74. The number of carbonyl (C=O) groups is 2. The normalized spacial score (nSPS) is 15.8. The Balaban J connectivity index is 1.36. The van der Waals surface area contributed by atoms with E-state index in [-0.39, 0.29) is 67.0 Å². The number of anilines is 2. The number of aryl methyl sites for hydroxylation is 2. The molecule has 260 valence electrons. The number of aromatic hydroxyl groups is 1. The van der Waals surface area contributed by atoms with E-state index in [1.165, 1.54) is 18.2 Å². The average molecular weight is 702 g/mol. The molecule has 0 unspecified atom stereocenters. The summed E-state index contributed by atoms with van der Waals surface area (Å²) in [4.78, 5) is 56.2. The van der Waals surface area contributed by atoms with E-state index in [4.69, 9.17) is 4.74 Å². The molecule has 0 atom stereocenters. The molecule has 1 saturated heterocycles. The Labute approximate surface area is 281 Å². The van der Waals surface area contributed by atoms with E-state index in [1.54, 1.807) is 11.5 Å². The van der Waals surface area contributed by atoms with Crippen LogP contribution in [0.25, 0.3) is 11.4 Å². The summed E-state index contributed by atoms with van der Waals surface area (Å²) >= 11 is 0.540. The molecule has 2 N–H and O–H groups in total. The summed E-state index contributed by atoms with van der Waals surface area (Å²) in [6.07, 6.45) is 0.168. The van der Waals surface area contributed by atoms with Crippen molar-refractivity contribution in [3.05, 3.63) is 61.5 Å². The van der Waals surface area contributed by atoms with Crippen molar-refractivity contribution >= 4 is 45.9 Å². The molecule has 0 spiro atoms. The number of nitrogens with zero attached hydrogens (tertiary/aromatic N) is 8. The van der Waals surface area contributed by atoms with E-state index in [0.29, 0.717) is 53.8 Å². The number of carbonyl (C=O) groups excluding carboxylic acids is 2. The van der Waals surface area contributed by atoms with Crippen LogP contribution in [0.2, 0.25) is 0 Å². The summed E-state index contributed by atoms with van der Waals surface area (Å²) in [5.41, 5.74) is 1.30. The minimum absolute atomic E-state index is 0.0501. The first kappa shape index (κ1) is 34.0. The monoisotopic (exact) mass is 701 g/mol. The van der Waals surface area contributed by atoms with Crippen LogP contribution in [0.5, 0.6) is 5.75 Å². The lowest BCUT2D eigenvalue weighted by Gasteiger charge is -2.36. The Hall–Kier alpha value is -4.84. The lowest BCUT2D eigenvalue weighted by atomic mass is 10.1. The number of amides is 2. The molecule has 49 heavy (non-hydrogen) atoms. The number of nitrogens with one attached hydrogen (secondary N) is 1. The van der Waals surface area contributed by atoms with Gasteiger partial charge < -0.3 is 29.5 Å². The molecule has 1 fully saturated rings. The summed E-state index contributed by atoms with van der Waals surface area (Å²) in [5.74, 6) is -0.942. The largest absolute Gasteiger partial charge is 0.504 e. The van der Waals surface area contributed by atoms with Crippen LogP contribution in [0.15, 0.2) is 23.3 Å². The highest BCUT2D eigenvalue weighted by Gasteiger charge is 2.34. The van der Waals surface area contributed by atoms with Crippen molar-refractivity contribution in [3.8, 4) is 5.75 Å². The van der Waals surface area contributed by atoms with Crippen LogP contribution in [-0.2, 0) is 28.7 Å². The lowest BCUT2D eigenvalue weighted by molar-refractivity contribution is -0.134. The number of alkyl halides is 3. The van der Waals surface area contributed by atoms with E-state index in [1.807, 2.05) is 17.9 Å². The molecule has 6 heterocycles. The minimum Gasteiger partial charge on any atom is -0.504 e. The number of thiophene rings is 1. The van der Waals surface area contributed by atoms with Crippen LogP contribution in [0.3, 0.4) is 0 Å². The van der Waals surface area contributed by atoms with Gasteiger partial charge in [0, 0.05) is 37.7 Å². The maximum Gasteiger partial charge on any atom is 0.425 e. The van der Waals surface area contributed by atoms with Crippen LogP contribution < -0.4 is 15.8 Å². The molecule has 2 amide bonds. The number of aromatic nitrogens is 6. The second-order valence-electron chi connectivity index (χ2n) is 11.7. The highest BCUT2D eigenvalue weighted by atomic mass is 32.1. The maximum atomic E-state index is 14.2. The van der Waals surface area contributed by atoms with Crippen molar-refractivity contribution in [3.63, 3.8) is 0 Å². The van der Waals surface area contributed by atoms with Gasteiger partial charge in [0.2, 0.25) is 11.7 Å². The molecule has 0 aliphatic carbocycles. The van der Waals surface area contributed by atoms with Gasteiger partial charge in [-0.05, 0) is 44.7 Å². The van der Waals surface area contributed by atoms with Crippen LogP contribution in [0, 0.1) is 13.8 Å². The van der Waals surface area contributed by atoms with Gasteiger partial charge in [0.05, 0.1) is 23.7 Å². The molecule has 4 aromatic rings. The van der Waals surface area contributed by atoms with Crippen molar-refractivity contribution < 1.29 is 32.6 Å². The van der Waals surface area contributed by atoms with Crippen molar-refractivity contribution in [2.45, 2.75) is 52.8 Å². The predicted molar refractivity (Wildman–Crippen MR) is 174 cm³/mol. The lowest BCUT2D eigenvalue weighted by Crippen LogP contribution is -2.51. The SMILES string of the molecule is CCc1c(N2CCN(C(=O)c3ncnc(C)c3O)CC2)c(=O)n2nc(C3=CCOCCC3)nc2n1CC(=O)Nc1cc(C(F)(F)F)sc1C. The molecule has 14 nitrogen and oxygen atoms in total. The average Bonchev–Trinajstić information content (AvgIpc) is 3.57. The fraction of sp³-hybridized carbons (Fsp3) is 0.452. The first-order valence-electron chi connectivity index (χ1n) is 15.7. The molecule has 6 rings (SSSR count). The van der Waals surface area contributed by atoms with E-state index in [9.17, 15) is 32.7 Å². The molecule has 0 aromatic carbocycles. The fourth-order valence-corrected chi connectivity index (χ4v) is 6.81. The Morgan fingerprint density at radius 1 is 1.14 bits per heavy atom. The van der Waals surface area contributed by atoms with Crippen molar-refractivity contribution in [1.29, 1.82) is 0 Å². The smallest absolute Gasteiger partial charge is 0.425 e. The number of hydrogen-bond donors (Lipinski definition) is 2. The number of fused-ring (bicyclic) bond motifs is 1. The van der Waals surface area contributed by atoms with Gasteiger partial charge >= 0.3 is 6.18 Å². The highest BCUT2D eigenvalue weighted by molar-refractivity contribution is 7.12. The molecule has 4 aromatic heterocycles. The van der Waals surface area contributed by atoms with Crippen LogP contribution in [0.4, 0.5) is 24.5 Å². The summed E-state index contributed by atoms with van der Waals surface area (Å²) in [6, 6.07) is 0.907. The van der Waals surface area contributed by atoms with Gasteiger partial charge in [-0.25, -0.2) is 9.97 Å². The summed E-state index contributed by atoms with van der Waals surface area (Å²) < 4.78 is 48.3. The first-order chi connectivity index (χ1) is 23.4. The Kier molecular flexibility index (Phi) is 9.43. The van der Waals surface area contributed by atoms with Crippen molar-refractivity contribution in [2.24, 2.45) is 0 Å².